The number of halogens is 3. The second-order valence-electron chi connectivity index (χ2n) is 8.25. The van der Waals surface area contributed by atoms with E-state index >= 15 is 0 Å². The van der Waals surface area contributed by atoms with Gasteiger partial charge in [-0.3, -0.25) is 0 Å². The van der Waals surface area contributed by atoms with Crippen molar-refractivity contribution in [3.05, 3.63) is 70.8 Å². The molecule has 1 aromatic carbocycles. The van der Waals surface area contributed by atoms with E-state index in [0.717, 1.165) is 5.57 Å². The number of carbonyl (C=O) groups is 1. The van der Waals surface area contributed by atoms with Gasteiger partial charge in [0.2, 0.25) is 0 Å². The lowest BCUT2D eigenvalue weighted by Gasteiger charge is -2.32. The van der Waals surface area contributed by atoms with Gasteiger partial charge in [-0.2, -0.15) is 21.6 Å². The van der Waals surface area contributed by atoms with Gasteiger partial charge in [0.1, 0.15) is 5.76 Å². The van der Waals surface area contributed by atoms with Crippen LogP contribution in [0.15, 0.2) is 54.2 Å². The maximum Gasteiger partial charge on any atom is 0.534 e. The Hall–Kier alpha value is -2.81. The summed E-state index contributed by atoms with van der Waals surface area (Å²) in [5.41, 5.74) is -2.80. The van der Waals surface area contributed by atoms with Crippen LogP contribution in [0.3, 0.4) is 0 Å². The average Bonchev–Trinajstić information content (AvgIpc) is 2.69. The van der Waals surface area contributed by atoms with Gasteiger partial charge in [0.15, 0.2) is 0 Å². The molecule has 0 saturated heterocycles. The SMILES string of the molecule is CCOC(=O)\C=C(C)/C=C/C=C(\C)c1ccc2c(c1)C(OS(=O)(=O)C(F)(F)F)=CCC2(C)C. The second kappa shape index (κ2) is 9.99. The van der Waals surface area contributed by atoms with Crippen LogP contribution in [0.2, 0.25) is 0 Å². The lowest BCUT2D eigenvalue weighted by molar-refractivity contribution is -0.137. The molecule has 0 aromatic heterocycles. The molecular formula is C24H27F3O5S. The van der Waals surface area contributed by atoms with Crippen molar-refractivity contribution in [2.45, 2.75) is 52.0 Å². The van der Waals surface area contributed by atoms with Crippen LogP contribution < -0.4 is 0 Å². The van der Waals surface area contributed by atoms with Gasteiger partial charge in [0.05, 0.1) is 6.61 Å². The molecular weight excluding hydrogens is 457 g/mol. The highest BCUT2D eigenvalue weighted by Gasteiger charge is 2.49. The third-order valence-corrected chi connectivity index (χ3v) is 6.05. The molecule has 0 fully saturated rings. The number of carbonyl (C=O) groups excluding carboxylic acids is 1. The highest BCUT2D eigenvalue weighted by molar-refractivity contribution is 7.87. The number of allylic oxidation sites excluding steroid dienone is 6. The van der Waals surface area contributed by atoms with E-state index in [1.807, 2.05) is 19.9 Å². The number of ether oxygens (including phenoxy) is 1. The summed E-state index contributed by atoms with van der Waals surface area (Å²) >= 11 is 0. The summed E-state index contributed by atoms with van der Waals surface area (Å²) < 4.78 is 71.1. The number of hydrogen-bond acceptors (Lipinski definition) is 5. The molecule has 0 bridgehead atoms. The number of hydrogen-bond donors (Lipinski definition) is 0. The minimum atomic E-state index is -5.79. The molecule has 0 atom stereocenters. The van der Waals surface area contributed by atoms with E-state index in [-0.39, 0.29) is 12.4 Å². The molecule has 1 aromatic rings. The highest BCUT2D eigenvalue weighted by atomic mass is 32.2. The van der Waals surface area contributed by atoms with Gasteiger partial charge in [-0.05, 0) is 67.0 Å². The first-order valence-corrected chi connectivity index (χ1v) is 11.6. The van der Waals surface area contributed by atoms with Crippen molar-refractivity contribution in [1.29, 1.82) is 0 Å². The van der Waals surface area contributed by atoms with Crippen LogP contribution in [-0.4, -0.2) is 26.5 Å². The second-order valence-corrected chi connectivity index (χ2v) is 9.79. The van der Waals surface area contributed by atoms with E-state index < -0.39 is 27.0 Å². The molecule has 180 valence electrons. The van der Waals surface area contributed by atoms with E-state index in [0.29, 0.717) is 28.7 Å². The molecule has 0 aliphatic heterocycles. The average molecular weight is 485 g/mol. The van der Waals surface area contributed by atoms with Gasteiger partial charge < -0.3 is 8.92 Å². The third kappa shape index (κ3) is 6.60. The Kier molecular flexibility index (Phi) is 8.00. The van der Waals surface area contributed by atoms with Crippen LogP contribution >= 0.6 is 0 Å². The first-order chi connectivity index (χ1) is 15.2. The number of rotatable bonds is 7. The quantitative estimate of drug-likeness (QED) is 0.155. The van der Waals surface area contributed by atoms with Gasteiger partial charge in [-0.25, -0.2) is 4.79 Å². The summed E-state index contributed by atoms with van der Waals surface area (Å²) in [5.74, 6) is -0.772. The maximum atomic E-state index is 12.9. The summed E-state index contributed by atoms with van der Waals surface area (Å²) in [5, 5.41) is 0. The predicted molar refractivity (Wildman–Crippen MR) is 121 cm³/mol. The van der Waals surface area contributed by atoms with Crippen molar-refractivity contribution in [3.63, 3.8) is 0 Å². The van der Waals surface area contributed by atoms with Gasteiger partial charge >= 0.3 is 21.6 Å². The standard InChI is InChI=1S/C24H27F3O5S/c1-6-31-22(28)14-16(2)8-7-9-17(3)18-10-11-20-19(15-18)21(12-13-23(20,4)5)32-33(29,30)24(25,26)27/h7-12,14-15H,6,13H2,1-5H3/b8-7+,16-14-,17-9+. The number of esters is 1. The van der Waals surface area contributed by atoms with Crippen LogP contribution in [0, 0.1) is 0 Å². The molecule has 1 aliphatic carbocycles. The summed E-state index contributed by atoms with van der Waals surface area (Å²) in [4.78, 5) is 11.5. The Labute approximate surface area is 192 Å². The van der Waals surface area contributed by atoms with E-state index in [9.17, 15) is 26.4 Å². The fourth-order valence-electron chi connectivity index (χ4n) is 3.25. The van der Waals surface area contributed by atoms with Crippen molar-refractivity contribution in [2.24, 2.45) is 0 Å². The molecule has 0 spiro atoms. The number of benzene rings is 1. The Morgan fingerprint density at radius 2 is 1.88 bits per heavy atom. The van der Waals surface area contributed by atoms with Gasteiger partial charge in [0.25, 0.3) is 0 Å². The van der Waals surface area contributed by atoms with Crippen molar-refractivity contribution in [2.75, 3.05) is 6.61 Å². The molecule has 0 unspecified atom stereocenters. The molecule has 0 saturated carbocycles. The molecule has 0 amide bonds. The lowest BCUT2D eigenvalue weighted by Crippen LogP contribution is -2.27. The van der Waals surface area contributed by atoms with Crippen LogP contribution in [0.5, 0.6) is 0 Å². The van der Waals surface area contributed by atoms with Crippen molar-refractivity contribution >= 4 is 27.4 Å². The largest absolute Gasteiger partial charge is 0.534 e. The minimum Gasteiger partial charge on any atom is -0.463 e. The zero-order valence-electron chi connectivity index (χ0n) is 19.1. The molecule has 0 N–H and O–H groups in total. The van der Waals surface area contributed by atoms with Gasteiger partial charge in [0, 0.05) is 11.6 Å². The number of alkyl halides is 3. The van der Waals surface area contributed by atoms with Crippen LogP contribution in [0.25, 0.3) is 11.3 Å². The minimum absolute atomic E-state index is 0.283. The summed E-state index contributed by atoms with van der Waals surface area (Å²) in [6, 6.07) is 5.21. The molecule has 0 heterocycles. The Bertz CT molecular complexity index is 1140. The Balaban J connectivity index is 2.38. The first-order valence-electron chi connectivity index (χ1n) is 10.2. The van der Waals surface area contributed by atoms with Gasteiger partial charge in [-0.15, -0.1) is 0 Å². The summed E-state index contributed by atoms with van der Waals surface area (Å²) in [6.45, 7) is 9.38. The van der Waals surface area contributed by atoms with Crippen LogP contribution in [0.4, 0.5) is 13.2 Å². The van der Waals surface area contributed by atoms with E-state index in [2.05, 4.69) is 4.18 Å². The highest BCUT2D eigenvalue weighted by Crippen LogP contribution is 2.42. The van der Waals surface area contributed by atoms with E-state index in [4.69, 9.17) is 4.74 Å². The fourth-order valence-corrected chi connectivity index (χ4v) is 3.74. The zero-order valence-corrected chi connectivity index (χ0v) is 19.9. The smallest absolute Gasteiger partial charge is 0.463 e. The Morgan fingerprint density at radius 3 is 2.48 bits per heavy atom. The third-order valence-electron chi connectivity index (χ3n) is 5.09. The van der Waals surface area contributed by atoms with Crippen LogP contribution in [0.1, 0.15) is 57.7 Å². The van der Waals surface area contributed by atoms with Crippen molar-refractivity contribution in [1.82, 2.24) is 0 Å². The maximum absolute atomic E-state index is 12.9. The van der Waals surface area contributed by atoms with Crippen molar-refractivity contribution < 1.29 is 35.3 Å². The lowest BCUT2D eigenvalue weighted by atomic mass is 9.74. The normalized spacial score (nSPS) is 16.9. The molecule has 33 heavy (non-hydrogen) atoms. The molecule has 5 nitrogen and oxygen atoms in total. The van der Waals surface area contributed by atoms with Gasteiger partial charge in [-0.1, -0.05) is 44.2 Å². The predicted octanol–water partition coefficient (Wildman–Crippen LogP) is 6.04. The van der Waals surface area contributed by atoms with Crippen molar-refractivity contribution in [3.8, 4) is 0 Å². The molecule has 9 heteroatoms. The topological polar surface area (TPSA) is 69.7 Å². The Morgan fingerprint density at radius 1 is 1.21 bits per heavy atom. The van der Waals surface area contributed by atoms with E-state index in [1.54, 1.807) is 51.1 Å². The van der Waals surface area contributed by atoms with Crippen LogP contribution in [-0.2, 0) is 29.2 Å². The summed E-state index contributed by atoms with van der Waals surface area (Å²) in [6.07, 6.45) is 8.27. The summed E-state index contributed by atoms with van der Waals surface area (Å²) in [7, 11) is -5.79. The molecule has 1 aliphatic rings. The molecule has 0 radical (unpaired) electrons. The van der Waals surface area contributed by atoms with E-state index in [1.165, 1.54) is 12.2 Å². The monoisotopic (exact) mass is 484 g/mol. The first kappa shape index (κ1) is 26.4. The zero-order chi connectivity index (χ0) is 25.0. The fraction of sp³-hybridized carbons (Fsp3) is 0.375. The molecule has 2 rings (SSSR count). The number of fused-ring (bicyclic) bond motifs is 1.